The average molecular weight is 1360 g/mol. The summed E-state index contributed by atoms with van der Waals surface area (Å²) in [4.78, 5) is 86.1. The maximum Gasteiger partial charge on any atom is 0.524 e. The number of rotatable bonds is 28. The molecule has 6 fully saturated rings. The van der Waals surface area contributed by atoms with Gasteiger partial charge in [0.05, 0.1) is 37.1 Å². The van der Waals surface area contributed by atoms with Crippen LogP contribution >= 0.6 is 7.82 Å². The number of likely N-dealkylation sites (N-methyl/N-ethyl adjacent to an activating group) is 1. The van der Waals surface area contributed by atoms with Crippen LogP contribution in [0, 0.1) is 34.5 Å². The molecule has 0 spiro atoms. The van der Waals surface area contributed by atoms with Crippen molar-refractivity contribution in [2.45, 2.75) is 192 Å². The number of carboxylic acid groups (broad SMARTS) is 1. The number of aliphatic carboxylic acids is 1. The van der Waals surface area contributed by atoms with Crippen LogP contribution in [-0.4, -0.2) is 154 Å². The molecule has 0 aromatic heterocycles. The number of hydrogen-bond acceptors (Lipinski definition) is 16. The van der Waals surface area contributed by atoms with E-state index >= 15 is 4.79 Å². The number of carbonyl (C=O) groups is 5. The minimum atomic E-state index is -5.19. The molecular formula is C72H98F3N4O16P. The first-order chi connectivity index (χ1) is 45.7. The van der Waals surface area contributed by atoms with Crippen molar-refractivity contribution in [1.82, 2.24) is 10.2 Å². The van der Waals surface area contributed by atoms with Crippen molar-refractivity contribution < 1.29 is 94.8 Å². The summed E-state index contributed by atoms with van der Waals surface area (Å²) in [7, 11) is -5.01. The van der Waals surface area contributed by atoms with Crippen LogP contribution in [0.25, 0.3) is 11.1 Å². The first-order valence-corrected chi connectivity index (χ1v) is 36.1. The van der Waals surface area contributed by atoms with Crippen LogP contribution in [0.15, 0.2) is 96.6 Å². The number of anilines is 1. The number of carboxylic acids is 1. The second kappa shape index (κ2) is 32.4. The number of aliphatic hydroxyl groups excluding tert-OH is 2. The van der Waals surface area contributed by atoms with Gasteiger partial charge < -0.3 is 58.3 Å². The number of amides is 1. The van der Waals surface area contributed by atoms with Gasteiger partial charge in [0.2, 0.25) is 5.78 Å². The van der Waals surface area contributed by atoms with E-state index in [-0.39, 0.29) is 77.6 Å². The maximum absolute atomic E-state index is 15.3. The zero-order valence-corrected chi connectivity index (χ0v) is 56.7. The fourth-order valence-electron chi connectivity index (χ4n) is 16.8. The molecular weight excluding hydrogens is 1260 g/mol. The molecule has 0 bridgehead atoms. The molecule has 5 aliphatic carbocycles. The lowest BCUT2D eigenvalue weighted by atomic mass is 9.46. The lowest BCUT2D eigenvalue weighted by molar-refractivity contribution is -0.931. The standard InChI is InChI=1S/C70H97N4O14P.C2HF3O2/c1-5-74(6-2,46-64(79)84-47-62(78)70-63(86-66(87-70)49-24-16-13-17-25-49)42-57-56-30-29-52-41-53(75)32-35-68(52,3)65(56)59(76)43-69(57,70)4)45-51-40-50(28-31-61(51)88-89(81,82)83)60(77)44-71-36-20-10-8-7-9-11-21-37-73-38-33-54(34-39-73)85-67(80)72-58-27-19-18-26-55(58)48-22-14-12-15-23-48;3-2(4,5)1(6)7/h12,14-15,18-19,22-23,26-28,31-32,35,40-41,49,54,56-57,59-60,63,65-66,71,76-77H,5-11,13,16-17,20-21,24-25,29-30,33-34,36-39,42-47H2,1-4H3,(H2-,72,80,81,82,83);(H,6,7)/t56-,57-,59-,60-,63+,65+,66+,68-,69-,70+;/m0./s1. The smallest absolute Gasteiger partial charge is 0.524 e. The van der Waals surface area contributed by atoms with Crippen LogP contribution in [-0.2, 0) is 49.2 Å². The molecule has 2 heterocycles. The number of aliphatic hydroxyl groups is 2. The molecule has 10 atom stereocenters. The number of esters is 1. The van der Waals surface area contributed by atoms with Gasteiger partial charge in [0.25, 0.3) is 0 Å². The van der Waals surface area contributed by atoms with E-state index in [0.717, 1.165) is 138 Å². The number of alkyl halides is 3. The second-order valence-electron chi connectivity index (χ2n) is 28.0. The van der Waals surface area contributed by atoms with Crippen molar-refractivity contribution in [1.29, 1.82) is 0 Å². The minimum Gasteiger partial charge on any atom is -0.542 e. The average Bonchev–Trinajstić information content (AvgIpc) is 1.50. The van der Waals surface area contributed by atoms with Crippen molar-refractivity contribution in [3.63, 3.8) is 0 Å². The Hall–Kier alpha value is -5.85. The number of benzene rings is 3. The molecule has 1 amide bonds. The van der Waals surface area contributed by atoms with Crippen LogP contribution in [0.4, 0.5) is 23.7 Å². The molecule has 2 saturated heterocycles. The van der Waals surface area contributed by atoms with E-state index in [9.17, 15) is 52.1 Å². The van der Waals surface area contributed by atoms with E-state index in [1.165, 1.54) is 12.5 Å². The van der Waals surface area contributed by atoms with E-state index < -0.39 is 79.7 Å². The van der Waals surface area contributed by atoms with E-state index in [4.69, 9.17) is 33.4 Å². The molecule has 24 heteroatoms. The monoisotopic (exact) mass is 1360 g/mol. The number of ether oxygens (including phenoxy) is 4. The highest BCUT2D eigenvalue weighted by molar-refractivity contribution is 7.46. The summed E-state index contributed by atoms with van der Waals surface area (Å²) in [5, 5.41) is 38.9. The van der Waals surface area contributed by atoms with Gasteiger partial charge in [-0.05, 0) is 144 Å². The number of piperidine rings is 1. The van der Waals surface area contributed by atoms with Crippen LogP contribution in [0.3, 0.4) is 0 Å². The number of phosphoric ester groups is 1. The van der Waals surface area contributed by atoms with Gasteiger partial charge in [0.1, 0.15) is 24.4 Å². The lowest BCUT2D eigenvalue weighted by Gasteiger charge is -2.59. The molecule has 3 aromatic carbocycles. The predicted octanol–water partition coefficient (Wildman–Crippen LogP) is 10.6. The normalized spacial score (nSPS) is 27.2. The molecule has 96 heavy (non-hydrogen) atoms. The van der Waals surface area contributed by atoms with Crippen LogP contribution < -0.4 is 20.3 Å². The van der Waals surface area contributed by atoms with Crippen LogP contribution in [0.1, 0.15) is 161 Å². The Labute approximate surface area is 561 Å². The maximum atomic E-state index is 15.3. The molecule has 20 nitrogen and oxygen atoms in total. The fraction of sp³-hybridized carbons (Fsp3) is 0.625. The van der Waals surface area contributed by atoms with E-state index in [1.807, 2.05) is 74.5 Å². The van der Waals surface area contributed by atoms with E-state index in [0.29, 0.717) is 37.2 Å². The number of phosphoric acid groups is 1. The van der Waals surface area contributed by atoms with Gasteiger partial charge >= 0.3 is 26.1 Å². The first kappa shape index (κ1) is 74.4. The number of fused-ring (bicyclic) bond motifs is 7. The third-order valence-corrected chi connectivity index (χ3v) is 22.5. The largest absolute Gasteiger partial charge is 0.542 e. The number of nitrogens with zero attached hydrogens (tertiary/aromatic N) is 2. The minimum absolute atomic E-state index is 0.0305. The SMILES string of the molecule is CC[N+](CC)(CC(=O)OCC(=O)[C@@]12O[C@H](C3CCCCC3)O[C@@H]1C[C@H]1[C@@H]3CCC4=CC(=O)C=C[C@]4(C)[C@H]3[C@@H](O)C[C@@]12C)Cc1cc([C@@H](O)CNCCCCCCCCCN2CCC(OC(=O)Nc3ccccc3-c3ccccc3)CC2)ccc1OP(=O)(O)O.O=C([O-])C(F)(F)F. The number of hydrogen-bond donors (Lipinski definition) is 6. The van der Waals surface area contributed by atoms with Gasteiger partial charge in [0.15, 0.2) is 30.8 Å². The number of halogens is 3. The highest BCUT2D eigenvalue weighted by atomic mass is 31.2. The molecule has 4 saturated carbocycles. The zero-order chi connectivity index (χ0) is 69.1. The van der Waals surface area contributed by atoms with Crippen molar-refractivity contribution >= 4 is 43.1 Å². The number of unbranched alkanes of at least 4 members (excludes halogenated alkanes) is 6. The Bertz CT molecular complexity index is 3280. The summed E-state index contributed by atoms with van der Waals surface area (Å²) in [5.74, 6) is -4.15. The number of para-hydroxylation sites is 1. The third kappa shape index (κ3) is 17.8. The zero-order valence-electron chi connectivity index (χ0n) is 55.8. The number of likely N-dealkylation sites (tertiary alicyclic amines) is 1. The highest BCUT2D eigenvalue weighted by Crippen LogP contribution is 2.70. The Kier molecular flexibility index (Phi) is 25.1. The van der Waals surface area contributed by atoms with E-state index in [2.05, 4.69) is 29.4 Å². The van der Waals surface area contributed by atoms with Gasteiger partial charge in [-0.1, -0.05) is 131 Å². The first-order valence-electron chi connectivity index (χ1n) is 34.6. The summed E-state index contributed by atoms with van der Waals surface area (Å²) < 4.78 is 75.0. The topological polar surface area (TPSA) is 280 Å². The number of quaternary nitrogens is 1. The Balaban J connectivity index is 0.00000146. The molecule has 2 aliphatic heterocycles. The molecule has 10 rings (SSSR count). The summed E-state index contributed by atoms with van der Waals surface area (Å²) in [6.45, 7) is 12.1. The number of nitrogens with one attached hydrogen (secondary N) is 2. The van der Waals surface area contributed by atoms with Gasteiger partial charge in [-0.2, -0.15) is 13.2 Å². The molecule has 3 aromatic rings. The molecule has 0 radical (unpaired) electrons. The van der Waals surface area contributed by atoms with Gasteiger partial charge in [-0.25, -0.2) is 14.2 Å². The van der Waals surface area contributed by atoms with Crippen LogP contribution in [0.5, 0.6) is 5.75 Å². The molecule has 528 valence electrons. The summed E-state index contributed by atoms with van der Waals surface area (Å²) in [6.07, 6.45) is 13.5. The molecule has 6 N–H and O–H groups in total. The summed E-state index contributed by atoms with van der Waals surface area (Å²) in [6, 6.07) is 22.5. The second-order valence-corrected chi connectivity index (χ2v) is 29.1. The number of Topliss-reactive ketones (excluding diaryl/α,β-unsaturated/α-hetero) is 1. The van der Waals surface area contributed by atoms with Crippen LogP contribution in [0.2, 0.25) is 0 Å². The molecule has 7 aliphatic rings. The van der Waals surface area contributed by atoms with Crippen molar-refractivity contribution in [2.75, 3.05) is 64.3 Å². The summed E-state index contributed by atoms with van der Waals surface area (Å²) >= 11 is 0. The Morgan fingerprint density at radius 3 is 2.23 bits per heavy atom. The predicted molar refractivity (Wildman–Crippen MR) is 350 cm³/mol. The Morgan fingerprint density at radius 1 is 0.885 bits per heavy atom. The van der Waals surface area contributed by atoms with Crippen molar-refractivity contribution in [2.24, 2.45) is 34.5 Å². The highest BCUT2D eigenvalue weighted by Gasteiger charge is 2.76. The fourth-order valence-corrected chi connectivity index (χ4v) is 17.3. The van der Waals surface area contributed by atoms with Gasteiger partial charge in [-0.15, -0.1) is 0 Å². The van der Waals surface area contributed by atoms with E-state index in [1.54, 1.807) is 24.3 Å². The number of carbonyl (C=O) groups excluding carboxylic acids is 5. The third-order valence-electron chi connectivity index (χ3n) is 22.0. The van der Waals surface area contributed by atoms with Crippen molar-refractivity contribution in [3.05, 3.63) is 108 Å². The lowest BCUT2D eigenvalue weighted by Crippen LogP contribution is -2.64. The number of allylic oxidation sites excluding steroid dienone is 4. The molecule has 0 unspecified atom stereocenters. The quantitative estimate of drug-likeness (QED) is 0.0171. The number of ketones is 2. The van der Waals surface area contributed by atoms with Gasteiger partial charge in [-0.3, -0.25) is 24.7 Å². The van der Waals surface area contributed by atoms with Crippen molar-refractivity contribution in [3.8, 4) is 16.9 Å². The Morgan fingerprint density at radius 2 is 1.55 bits per heavy atom. The summed E-state index contributed by atoms with van der Waals surface area (Å²) in [5.41, 5.74) is 1.89. The van der Waals surface area contributed by atoms with Gasteiger partial charge in [0, 0.05) is 53.4 Å².